The summed E-state index contributed by atoms with van der Waals surface area (Å²) in [6.45, 7) is 3.04. The van der Waals surface area contributed by atoms with Crippen LogP contribution in [0.1, 0.15) is 18.7 Å². The molecule has 5 nitrogen and oxygen atoms in total. The van der Waals surface area contributed by atoms with E-state index in [1.54, 1.807) is 0 Å². The van der Waals surface area contributed by atoms with Gasteiger partial charge in [-0.3, -0.25) is 0 Å². The minimum absolute atomic E-state index is 0.143. The summed E-state index contributed by atoms with van der Waals surface area (Å²) < 4.78 is 0. The van der Waals surface area contributed by atoms with E-state index < -0.39 is 0 Å². The fraction of sp³-hybridized carbons (Fsp3) is 0.333. The fourth-order valence-corrected chi connectivity index (χ4v) is 3.38. The Balaban J connectivity index is 1.84. The molecule has 0 aliphatic carbocycles. The first-order valence-corrected chi connectivity index (χ1v) is 8.06. The van der Waals surface area contributed by atoms with Gasteiger partial charge in [0, 0.05) is 12.1 Å². The fourth-order valence-electron chi connectivity index (χ4n) is 3.38. The predicted molar refractivity (Wildman–Crippen MR) is 90.6 cm³/mol. The summed E-state index contributed by atoms with van der Waals surface area (Å²) in [7, 11) is 0. The molecule has 118 valence electrons. The van der Waals surface area contributed by atoms with Crippen LogP contribution in [0, 0.1) is 6.92 Å². The molecule has 2 N–H and O–H groups in total. The van der Waals surface area contributed by atoms with Gasteiger partial charge in [0.25, 0.3) is 0 Å². The van der Waals surface area contributed by atoms with Crippen LogP contribution in [0.5, 0.6) is 0 Å². The molecule has 3 heterocycles. The zero-order valence-corrected chi connectivity index (χ0v) is 13.2. The second-order valence-electron chi connectivity index (χ2n) is 6.09. The van der Waals surface area contributed by atoms with E-state index in [4.69, 9.17) is 4.98 Å². The second kappa shape index (κ2) is 5.66. The minimum Gasteiger partial charge on any atom is -0.394 e. The maximum absolute atomic E-state index is 9.62. The number of aliphatic hydroxyl groups is 1. The maximum Gasteiger partial charge on any atom is 0.159 e. The molecule has 0 aromatic heterocycles. The van der Waals surface area contributed by atoms with Crippen LogP contribution in [0.4, 0.5) is 5.82 Å². The largest absolute Gasteiger partial charge is 0.394 e. The van der Waals surface area contributed by atoms with Crippen molar-refractivity contribution in [1.82, 2.24) is 15.0 Å². The molecule has 0 amide bonds. The second-order valence-corrected chi connectivity index (χ2v) is 6.09. The average Bonchev–Trinajstić information content (AvgIpc) is 3.21. The third-order valence-electron chi connectivity index (χ3n) is 4.50. The van der Waals surface area contributed by atoms with Gasteiger partial charge in [0.15, 0.2) is 5.82 Å². The number of nitrogens with zero attached hydrogens (tertiary/aromatic N) is 3. The highest BCUT2D eigenvalue weighted by Gasteiger charge is 2.29. The Hall–Kier alpha value is -2.40. The molecule has 5 heteroatoms. The van der Waals surface area contributed by atoms with Crippen molar-refractivity contribution in [2.24, 2.45) is 0 Å². The van der Waals surface area contributed by atoms with E-state index in [-0.39, 0.29) is 12.6 Å². The summed E-state index contributed by atoms with van der Waals surface area (Å²) >= 11 is 0. The number of rotatable bonds is 3. The van der Waals surface area contributed by atoms with Crippen molar-refractivity contribution >= 4 is 5.82 Å². The van der Waals surface area contributed by atoms with Gasteiger partial charge in [-0.05, 0) is 25.8 Å². The smallest absolute Gasteiger partial charge is 0.159 e. The summed E-state index contributed by atoms with van der Waals surface area (Å²) in [5.74, 6) is 1.75. The van der Waals surface area contributed by atoms with Gasteiger partial charge in [0.2, 0.25) is 0 Å². The van der Waals surface area contributed by atoms with Crippen LogP contribution < -0.4 is 4.90 Å². The first-order chi connectivity index (χ1) is 11.3. The Morgan fingerprint density at radius 1 is 1.26 bits per heavy atom. The van der Waals surface area contributed by atoms with Crippen molar-refractivity contribution in [3.8, 4) is 22.6 Å². The molecular weight excluding hydrogens is 288 g/mol. The van der Waals surface area contributed by atoms with Gasteiger partial charge in [0.05, 0.1) is 24.0 Å². The van der Waals surface area contributed by atoms with Gasteiger partial charge in [-0.15, -0.1) is 0 Å². The number of aliphatic hydroxyl groups excluding tert-OH is 1. The standard InChI is InChI=1S/C18H20N4O/c1-12-19-16-10-15(13-6-3-2-4-7-13)21-17(16)18(20-12)22-9-5-8-14(22)11-23/h2-4,6-7,10,14,23H,5,8-9,11H2,1H3,(H,19,20)/t14-/m0/s1. The molecule has 0 saturated carbocycles. The third-order valence-corrected chi connectivity index (χ3v) is 4.50. The Morgan fingerprint density at radius 3 is 2.87 bits per heavy atom. The molecule has 4 rings (SSSR count). The quantitative estimate of drug-likeness (QED) is 0.781. The van der Waals surface area contributed by atoms with Gasteiger partial charge in [-0.2, -0.15) is 0 Å². The summed E-state index contributed by atoms with van der Waals surface area (Å²) in [5.41, 5.74) is 3.93. The Kier molecular flexibility index (Phi) is 3.50. The summed E-state index contributed by atoms with van der Waals surface area (Å²) in [4.78, 5) is 15.0. The number of nitrogens with one attached hydrogen (secondary N) is 1. The molecule has 1 aromatic rings. The van der Waals surface area contributed by atoms with Crippen molar-refractivity contribution in [3.05, 3.63) is 42.2 Å². The van der Waals surface area contributed by atoms with E-state index in [9.17, 15) is 5.11 Å². The Labute approximate surface area is 135 Å². The molecule has 1 saturated heterocycles. The van der Waals surface area contributed by atoms with Crippen molar-refractivity contribution in [1.29, 1.82) is 0 Å². The van der Waals surface area contributed by atoms with E-state index in [0.29, 0.717) is 0 Å². The van der Waals surface area contributed by atoms with Crippen molar-refractivity contribution < 1.29 is 5.11 Å². The number of benzene rings is 1. The van der Waals surface area contributed by atoms with E-state index in [2.05, 4.69) is 33.1 Å². The van der Waals surface area contributed by atoms with Gasteiger partial charge in [0.1, 0.15) is 11.5 Å². The van der Waals surface area contributed by atoms with Crippen LogP contribution in [-0.4, -0.2) is 39.3 Å². The molecular formula is C18H20N4O. The molecule has 0 unspecified atom stereocenters. The average molecular weight is 308 g/mol. The predicted octanol–water partition coefficient (Wildman–Crippen LogP) is 2.85. The van der Waals surface area contributed by atoms with Crippen LogP contribution >= 0.6 is 0 Å². The van der Waals surface area contributed by atoms with Crippen molar-refractivity contribution in [3.63, 3.8) is 0 Å². The maximum atomic E-state index is 9.62. The number of fused-ring (bicyclic) bond motifs is 1. The number of aryl methyl sites for hydroxylation is 1. The highest BCUT2D eigenvalue weighted by atomic mass is 16.3. The normalized spacial score (nSPS) is 18.0. The Morgan fingerprint density at radius 2 is 2.09 bits per heavy atom. The van der Waals surface area contributed by atoms with Crippen LogP contribution in [0.2, 0.25) is 0 Å². The lowest BCUT2D eigenvalue weighted by atomic mass is 10.1. The first kappa shape index (κ1) is 14.2. The molecule has 1 atom stereocenters. The Bertz CT molecular complexity index is 783. The van der Waals surface area contributed by atoms with Crippen LogP contribution in [-0.2, 0) is 0 Å². The zero-order valence-electron chi connectivity index (χ0n) is 13.2. The number of anilines is 1. The molecule has 0 radical (unpaired) electrons. The third kappa shape index (κ3) is 2.47. The lowest BCUT2D eigenvalue weighted by Gasteiger charge is -2.25. The first-order valence-electron chi connectivity index (χ1n) is 8.06. The number of H-pyrrole nitrogens is 1. The summed E-state index contributed by atoms with van der Waals surface area (Å²) in [6.07, 6.45) is 2.09. The molecule has 3 aliphatic heterocycles. The van der Waals surface area contributed by atoms with E-state index in [0.717, 1.165) is 53.7 Å². The lowest BCUT2D eigenvalue weighted by Crippen LogP contribution is -2.33. The van der Waals surface area contributed by atoms with Crippen molar-refractivity contribution in [2.75, 3.05) is 18.1 Å². The lowest BCUT2D eigenvalue weighted by molar-refractivity contribution is 0.266. The zero-order chi connectivity index (χ0) is 15.8. The summed E-state index contributed by atoms with van der Waals surface area (Å²) in [5, 5.41) is 9.62. The van der Waals surface area contributed by atoms with Crippen LogP contribution in [0.3, 0.4) is 0 Å². The minimum atomic E-state index is 0.143. The van der Waals surface area contributed by atoms with Gasteiger partial charge in [-0.1, -0.05) is 30.3 Å². The molecule has 23 heavy (non-hydrogen) atoms. The van der Waals surface area contributed by atoms with Gasteiger partial charge >= 0.3 is 0 Å². The van der Waals surface area contributed by atoms with Crippen molar-refractivity contribution in [2.45, 2.75) is 25.8 Å². The van der Waals surface area contributed by atoms with Crippen LogP contribution in [0.25, 0.3) is 22.6 Å². The van der Waals surface area contributed by atoms with E-state index in [1.807, 2.05) is 25.1 Å². The van der Waals surface area contributed by atoms with E-state index in [1.165, 1.54) is 0 Å². The van der Waals surface area contributed by atoms with Gasteiger partial charge < -0.3 is 15.0 Å². The monoisotopic (exact) mass is 308 g/mol. The highest BCUT2D eigenvalue weighted by molar-refractivity contribution is 5.78. The number of hydrogen-bond donors (Lipinski definition) is 2. The molecule has 1 fully saturated rings. The SMILES string of the molecule is Cc1nc(N2CCC[C@H]2CO)c2nc(-c3ccccc3)cc-2[nH]1. The van der Waals surface area contributed by atoms with Gasteiger partial charge in [-0.25, -0.2) is 9.97 Å². The molecule has 3 aliphatic rings. The highest BCUT2D eigenvalue weighted by Crippen LogP contribution is 2.36. The summed E-state index contributed by atoms with van der Waals surface area (Å²) in [6, 6.07) is 12.4. The van der Waals surface area contributed by atoms with Crippen LogP contribution in [0.15, 0.2) is 36.4 Å². The molecule has 1 aromatic carbocycles. The topological polar surface area (TPSA) is 65.0 Å². The molecule has 0 bridgehead atoms. The number of aromatic amines is 1. The number of aromatic nitrogens is 3. The number of hydrogen-bond acceptors (Lipinski definition) is 4. The van der Waals surface area contributed by atoms with E-state index >= 15 is 0 Å². The molecule has 0 spiro atoms.